The van der Waals surface area contributed by atoms with Crippen molar-refractivity contribution in [2.24, 2.45) is 11.7 Å². The van der Waals surface area contributed by atoms with Crippen molar-refractivity contribution < 1.29 is 0 Å². The van der Waals surface area contributed by atoms with Crippen molar-refractivity contribution in [1.29, 1.82) is 0 Å². The lowest BCUT2D eigenvalue weighted by Gasteiger charge is -2.14. The quantitative estimate of drug-likeness (QED) is 0.443. The van der Waals surface area contributed by atoms with Gasteiger partial charge in [0.1, 0.15) is 0 Å². The van der Waals surface area contributed by atoms with Gasteiger partial charge in [-0.05, 0) is 25.2 Å². The fraction of sp³-hybridized carbons (Fsp3) is 1.00. The maximum absolute atomic E-state index is 6.23. The van der Waals surface area contributed by atoms with Crippen LogP contribution in [0.2, 0.25) is 0 Å². The summed E-state index contributed by atoms with van der Waals surface area (Å²) in [6.07, 6.45) is 21.1. The molecule has 0 heterocycles. The highest BCUT2D eigenvalue weighted by molar-refractivity contribution is 4.70. The van der Waals surface area contributed by atoms with E-state index in [0.717, 1.165) is 5.92 Å². The van der Waals surface area contributed by atoms with Gasteiger partial charge in [0.25, 0.3) is 0 Å². The Balaban J connectivity index is 1.80. The molecule has 1 saturated carbocycles. The predicted molar refractivity (Wildman–Crippen MR) is 86.4 cm³/mol. The maximum atomic E-state index is 6.23. The van der Waals surface area contributed by atoms with Crippen molar-refractivity contribution in [3.8, 4) is 0 Å². The topological polar surface area (TPSA) is 26.0 Å². The second kappa shape index (κ2) is 11.8. The summed E-state index contributed by atoms with van der Waals surface area (Å²) < 4.78 is 0. The molecule has 1 fully saturated rings. The molecule has 0 aromatic carbocycles. The first-order chi connectivity index (χ1) is 9.33. The molecule has 1 rings (SSSR count). The van der Waals surface area contributed by atoms with E-state index in [4.69, 9.17) is 5.73 Å². The van der Waals surface area contributed by atoms with E-state index in [1.807, 2.05) is 0 Å². The first-order valence-electron chi connectivity index (χ1n) is 9.08. The summed E-state index contributed by atoms with van der Waals surface area (Å²) in [6.45, 7) is 2.28. The summed E-state index contributed by atoms with van der Waals surface area (Å²) >= 11 is 0. The predicted octanol–water partition coefficient (Wildman–Crippen LogP) is 5.81. The average Bonchev–Trinajstić information content (AvgIpc) is 2.93. The molecule has 0 spiro atoms. The highest BCUT2D eigenvalue weighted by Gasteiger charge is 2.15. The summed E-state index contributed by atoms with van der Waals surface area (Å²) in [5.41, 5.74) is 6.23. The van der Waals surface area contributed by atoms with E-state index in [-0.39, 0.29) is 0 Å². The lowest BCUT2D eigenvalue weighted by atomic mass is 9.96. The Labute approximate surface area is 121 Å². The van der Waals surface area contributed by atoms with Crippen LogP contribution in [-0.2, 0) is 0 Å². The third-order valence-electron chi connectivity index (χ3n) is 4.85. The molecule has 114 valence electrons. The van der Waals surface area contributed by atoms with E-state index >= 15 is 0 Å². The van der Waals surface area contributed by atoms with Gasteiger partial charge in [0.15, 0.2) is 0 Å². The Hall–Kier alpha value is -0.0400. The lowest BCUT2D eigenvalue weighted by Crippen LogP contribution is -2.20. The van der Waals surface area contributed by atoms with E-state index in [9.17, 15) is 0 Å². The Morgan fingerprint density at radius 2 is 1.42 bits per heavy atom. The van der Waals surface area contributed by atoms with Crippen LogP contribution < -0.4 is 5.73 Å². The fourth-order valence-corrected chi connectivity index (χ4v) is 3.43. The summed E-state index contributed by atoms with van der Waals surface area (Å²) in [4.78, 5) is 0. The first kappa shape index (κ1) is 17.0. The molecular formula is C18H37N. The molecular weight excluding hydrogens is 230 g/mol. The summed E-state index contributed by atoms with van der Waals surface area (Å²) in [7, 11) is 0. The molecule has 2 N–H and O–H groups in total. The van der Waals surface area contributed by atoms with Gasteiger partial charge in [0.2, 0.25) is 0 Å². The van der Waals surface area contributed by atoms with Gasteiger partial charge in [-0.1, -0.05) is 84.0 Å². The van der Waals surface area contributed by atoms with Crippen molar-refractivity contribution in [3.05, 3.63) is 0 Å². The summed E-state index contributed by atoms with van der Waals surface area (Å²) in [5.74, 6) is 1.02. The van der Waals surface area contributed by atoms with Crippen molar-refractivity contribution in [2.75, 3.05) is 0 Å². The number of unbranched alkanes of at least 4 members (excludes halogenated alkanes) is 7. The lowest BCUT2D eigenvalue weighted by molar-refractivity contribution is 0.426. The fourth-order valence-electron chi connectivity index (χ4n) is 3.43. The van der Waals surface area contributed by atoms with E-state index in [0.29, 0.717) is 6.04 Å². The van der Waals surface area contributed by atoms with Crippen LogP contribution in [0.15, 0.2) is 0 Å². The molecule has 0 amide bonds. The zero-order chi connectivity index (χ0) is 13.8. The van der Waals surface area contributed by atoms with Gasteiger partial charge in [0, 0.05) is 6.04 Å². The van der Waals surface area contributed by atoms with E-state index in [2.05, 4.69) is 6.92 Å². The van der Waals surface area contributed by atoms with Crippen LogP contribution in [0.25, 0.3) is 0 Å². The number of nitrogens with two attached hydrogens (primary N) is 1. The molecule has 1 unspecified atom stereocenters. The Kier molecular flexibility index (Phi) is 10.5. The van der Waals surface area contributed by atoms with Crippen molar-refractivity contribution in [3.63, 3.8) is 0 Å². The van der Waals surface area contributed by atoms with Gasteiger partial charge >= 0.3 is 0 Å². The molecule has 0 saturated heterocycles. The smallest absolute Gasteiger partial charge is 0.00389 e. The first-order valence-corrected chi connectivity index (χ1v) is 9.08. The van der Waals surface area contributed by atoms with Crippen LogP contribution in [0.4, 0.5) is 0 Å². The molecule has 0 aromatic heterocycles. The number of hydrogen-bond acceptors (Lipinski definition) is 1. The minimum Gasteiger partial charge on any atom is -0.328 e. The van der Waals surface area contributed by atoms with Crippen LogP contribution in [0.1, 0.15) is 103 Å². The van der Waals surface area contributed by atoms with Gasteiger partial charge in [-0.15, -0.1) is 0 Å². The molecule has 0 aromatic rings. The van der Waals surface area contributed by atoms with Crippen LogP contribution in [-0.4, -0.2) is 6.04 Å². The van der Waals surface area contributed by atoms with E-state index in [1.54, 1.807) is 0 Å². The molecule has 1 nitrogen and oxygen atoms in total. The highest BCUT2D eigenvalue weighted by Crippen LogP contribution is 2.29. The zero-order valence-electron chi connectivity index (χ0n) is 13.3. The van der Waals surface area contributed by atoms with Gasteiger partial charge in [-0.3, -0.25) is 0 Å². The molecule has 19 heavy (non-hydrogen) atoms. The average molecular weight is 268 g/mol. The number of hydrogen-bond donors (Lipinski definition) is 1. The minimum absolute atomic E-state index is 0.487. The normalized spacial score (nSPS) is 18.0. The third-order valence-corrected chi connectivity index (χ3v) is 4.85. The van der Waals surface area contributed by atoms with Crippen LogP contribution >= 0.6 is 0 Å². The van der Waals surface area contributed by atoms with Crippen molar-refractivity contribution in [2.45, 2.75) is 109 Å². The Morgan fingerprint density at radius 1 is 0.842 bits per heavy atom. The summed E-state index contributed by atoms with van der Waals surface area (Å²) in [5, 5.41) is 0. The van der Waals surface area contributed by atoms with Gasteiger partial charge in [0.05, 0.1) is 0 Å². The molecule has 1 heteroatoms. The molecule has 0 aliphatic heterocycles. The Bertz CT molecular complexity index is 184. The second-order valence-corrected chi connectivity index (χ2v) is 6.75. The molecule has 1 aliphatic carbocycles. The standard InChI is InChI=1S/C18H37N/c1-2-3-4-5-6-7-8-9-14-18(19)16-15-17-12-10-11-13-17/h17-18H,2-16,19H2,1H3. The maximum Gasteiger partial charge on any atom is 0.00389 e. The highest BCUT2D eigenvalue weighted by atomic mass is 14.6. The zero-order valence-corrected chi connectivity index (χ0v) is 13.3. The SMILES string of the molecule is CCCCCCCCCCC(N)CCC1CCCC1. The monoisotopic (exact) mass is 267 g/mol. The largest absolute Gasteiger partial charge is 0.328 e. The number of rotatable bonds is 12. The van der Waals surface area contributed by atoms with E-state index in [1.165, 1.54) is 96.3 Å². The van der Waals surface area contributed by atoms with Gasteiger partial charge in [-0.25, -0.2) is 0 Å². The van der Waals surface area contributed by atoms with Crippen LogP contribution in [0.5, 0.6) is 0 Å². The van der Waals surface area contributed by atoms with Crippen LogP contribution in [0.3, 0.4) is 0 Å². The van der Waals surface area contributed by atoms with E-state index < -0.39 is 0 Å². The Morgan fingerprint density at radius 3 is 2.05 bits per heavy atom. The molecule has 0 radical (unpaired) electrons. The van der Waals surface area contributed by atoms with Crippen molar-refractivity contribution in [1.82, 2.24) is 0 Å². The minimum atomic E-state index is 0.487. The van der Waals surface area contributed by atoms with Crippen LogP contribution in [0, 0.1) is 5.92 Å². The molecule has 1 atom stereocenters. The van der Waals surface area contributed by atoms with Gasteiger partial charge < -0.3 is 5.73 Å². The van der Waals surface area contributed by atoms with Crippen molar-refractivity contribution >= 4 is 0 Å². The summed E-state index contributed by atoms with van der Waals surface area (Å²) in [6, 6.07) is 0.487. The van der Waals surface area contributed by atoms with Gasteiger partial charge in [-0.2, -0.15) is 0 Å². The molecule has 0 bridgehead atoms. The third kappa shape index (κ3) is 9.49. The molecule has 1 aliphatic rings. The second-order valence-electron chi connectivity index (χ2n) is 6.75.